The predicted octanol–water partition coefficient (Wildman–Crippen LogP) is 1.96. The summed E-state index contributed by atoms with van der Waals surface area (Å²) in [6, 6.07) is 5.07. The minimum atomic E-state index is -2.90. The molecule has 1 aromatic rings. The molecular weight excluding hydrogens is 286 g/mol. The number of amides is 1. The molecule has 1 aliphatic heterocycles. The van der Waals surface area contributed by atoms with Gasteiger partial charge in [0, 0.05) is 16.6 Å². The Kier molecular flexibility index (Phi) is 4.16. The first kappa shape index (κ1) is 14.3. The average Bonchev–Trinajstić information content (AvgIpc) is 2.35. The summed E-state index contributed by atoms with van der Waals surface area (Å²) < 4.78 is 22.6. The number of carbonyl (C=O) groups excluding carboxylic acids is 1. The monoisotopic (exact) mass is 301 g/mol. The van der Waals surface area contributed by atoms with Crippen molar-refractivity contribution < 1.29 is 13.2 Å². The Labute approximate surface area is 118 Å². The van der Waals surface area contributed by atoms with Gasteiger partial charge < -0.3 is 5.32 Å². The molecule has 0 spiro atoms. The number of nitrogens with one attached hydrogen (secondary N) is 1. The minimum Gasteiger partial charge on any atom is -0.349 e. The summed E-state index contributed by atoms with van der Waals surface area (Å²) in [5, 5.41) is 3.41. The molecule has 0 aliphatic carbocycles. The summed E-state index contributed by atoms with van der Waals surface area (Å²) in [4.78, 5) is 12.0. The smallest absolute Gasteiger partial charge is 0.251 e. The average molecular weight is 302 g/mol. The molecule has 1 N–H and O–H groups in total. The molecule has 104 valence electrons. The first-order chi connectivity index (χ1) is 8.87. The second-order valence-electron chi connectivity index (χ2n) is 4.86. The number of halogens is 1. The first-order valence-corrected chi connectivity index (χ1v) is 8.35. The zero-order chi connectivity index (χ0) is 14.0. The highest BCUT2D eigenvalue weighted by Crippen LogP contribution is 2.18. The second-order valence-corrected chi connectivity index (χ2v) is 7.57. The Hall–Kier alpha value is -1.07. The van der Waals surface area contributed by atoms with Crippen molar-refractivity contribution in [1.29, 1.82) is 0 Å². The largest absolute Gasteiger partial charge is 0.349 e. The van der Waals surface area contributed by atoms with Crippen LogP contribution in [0.3, 0.4) is 0 Å². The highest BCUT2D eigenvalue weighted by molar-refractivity contribution is 7.91. The van der Waals surface area contributed by atoms with Gasteiger partial charge in [-0.1, -0.05) is 17.7 Å². The van der Waals surface area contributed by atoms with Crippen LogP contribution < -0.4 is 5.32 Å². The molecule has 1 aliphatic rings. The van der Waals surface area contributed by atoms with Crippen molar-refractivity contribution in [2.75, 3.05) is 11.5 Å². The molecule has 0 atom stereocenters. The van der Waals surface area contributed by atoms with Crippen LogP contribution in [0.15, 0.2) is 18.2 Å². The van der Waals surface area contributed by atoms with E-state index in [9.17, 15) is 13.2 Å². The predicted molar refractivity (Wildman–Crippen MR) is 75.3 cm³/mol. The zero-order valence-electron chi connectivity index (χ0n) is 10.6. The number of carbonyl (C=O) groups is 1. The van der Waals surface area contributed by atoms with Gasteiger partial charge in [-0.05, 0) is 37.5 Å². The summed E-state index contributed by atoms with van der Waals surface area (Å²) in [6.45, 7) is 1.87. The number of aryl methyl sites for hydroxylation is 1. The van der Waals surface area contributed by atoms with Crippen LogP contribution in [0.4, 0.5) is 0 Å². The molecule has 0 aromatic heterocycles. The molecule has 1 fully saturated rings. The third-order valence-electron chi connectivity index (χ3n) is 3.32. The van der Waals surface area contributed by atoms with Crippen molar-refractivity contribution in [1.82, 2.24) is 5.32 Å². The molecule has 1 heterocycles. The molecule has 1 amide bonds. The van der Waals surface area contributed by atoms with Crippen molar-refractivity contribution in [2.24, 2.45) is 0 Å². The standard InChI is InChI=1S/C13H16ClNO3S/c1-9-2-3-10(8-12(9)14)13(16)15-11-4-6-19(17,18)7-5-11/h2-3,8,11H,4-7H2,1H3,(H,15,16). The van der Waals surface area contributed by atoms with Gasteiger partial charge in [0.25, 0.3) is 5.91 Å². The maximum absolute atomic E-state index is 12.0. The van der Waals surface area contributed by atoms with Gasteiger partial charge in [-0.25, -0.2) is 8.42 Å². The van der Waals surface area contributed by atoms with Gasteiger partial charge in [0.1, 0.15) is 9.84 Å². The van der Waals surface area contributed by atoms with Crippen molar-refractivity contribution in [3.05, 3.63) is 34.3 Å². The lowest BCUT2D eigenvalue weighted by molar-refractivity contribution is 0.0934. The molecule has 0 saturated carbocycles. The molecular formula is C13H16ClNO3S. The number of rotatable bonds is 2. The maximum atomic E-state index is 12.0. The molecule has 0 radical (unpaired) electrons. The molecule has 4 nitrogen and oxygen atoms in total. The topological polar surface area (TPSA) is 63.2 Å². The van der Waals surface area contributed by atoms with Crippen LogP contribution in [-0.2, 0) is 9.84 Å². The van der Waals surface area contributed by atoms with Crippen molar-refractivity contribution >= 4 is 27.3 Å². The summed E-state index contributed by atoms with van der Waals surface area (Å²) in [5.41, 5.74) is 1.42. The van der Waals surface area contributed by atoms with Gasteiger partial charge in [0.05, 0.1) is 11.5 Å². The fourth-order valence-electron chi connectivity index (χ4n) is 2.04. The Morgan fingerprint density at radius 3 is 2.53 bits per heavy atom. The molecule has 1 saturated heterocycles. The lowest BCUT2D eigenvalue weighted by Gasteiger charge is -2.23. The van der Waals surface area contributed by atoms with Crippen LogP contribution >= 0.6 is 11.6 Å². The SMILES string of the molecule is Cc1ccc(C(=O)NC2CCS(=O)(=O)CC2)cc1Cl. The second kappa shape index (κ2) is 5.51. The highest BCUT2D eigenvalue weighted by Gasteiger charge is 2.24. The van der Waals surface area contributed by atoms with Crippen molar-refractivity contribution in [2.45, 2.75) is 25.8 Å². The number of benzene rings is 1. The molecule has 1 aromatic carbocycles. The Morgan fingerprint density at radius 1 is 1.32 bits per heavy atom. The van der Waals surface area contributed by atoms with E-state index in [1.807, 2.05) is 6.92 Å². The Balaban J connectivity index is 2.00. The van der Waals surface area contributed by atoms with Gasteiger partial charge in [-0.15, -0.1) is 0 Å². The van der Waals surface area contributed by atoms with E-state index >= 15 is 0 Å². The van der Waals surface area contributed by atoms with Gasteiger partial charge in [-0.2, -0.15) is 0 Å². The number of hydrogen-bond acceptors (Lipinski definition) is 3. The van der Waals surface area contributed by atoms with E-state index in [1.165, 1.54) is 0 Å². The van der Waals surface area contributed by atoms with Crippen LogP contribution in [0.25, 0.3) is 0 Å². The van der Waals surface area contributed by atoms with E-state index in [4.69, 9.17) is 11.6 Å². The van der Waals surface area contributed by atoms with E-state index in [-0.39, 0.29) is 23.5 Å². The van der Waals surface area contributed by atoms with E-state index in [1.54, 1.807) is 18.2 Å². The zero-order valence-corrected chi connectivity index (χ0v) is 12.2. The first-order valence-electron chi connectivity index (χ1n) is 6.15. The summed E-state index contributed by atoms with van der Waals surface area (Å²) in [5.74, 6) is 0.0883. The van der Waals surface area contributed by atoms with Crippen LogP contribution in [0.1, 0.15) is 28.8 Å². The molecule has 19 heavy (non-hydrogen) atoms. The third-order valence-corrected chi connectivity index (χ3v) is 5.45. The molecule has 6 heteroatoms. The Morgan fingerprint density at radius 2 is 1.95 bits per heavy atom. The van der Waals surface area contributed by atoms with Crippen molar-refractivity contribution in [3.8, 4) is 0 Å². The van der Waals surface area contributed by atoms with E-state index in [2.05, 4.69) is 5.32 Å². The van der Waals surface area contributed by atoms with Gasteiger partial charge in [-0.3, -0.25) is 4.79 Å². The van der Waals surface area contributed by atoms with Crippen LogP contribution in [0.5, 0.6) is 0 Å². The summed E-state index contributed by atoms with van der Waals surface area (Å²) >= 11 is 5.98. The van der Waals surface area contributed by atoms with Crippen LogP contribution in [-0.4, -0.2) is 31.9 Å². The minimum absolute atomic E-state index is 0.0731. The molecule has 2 rings (SSSR count). The maximum Gasteiger partial charge on any atom is 0.251 e. The van der Waals surface area contributed by atoms with E-state index in [0.29, 0.717) is 23.4 Å². The lowest BCUT2D eigenvalue weighted by Crippen LogP contribution is -2.40. The quantitative estimate of drug-likeness (QED) is 0.908. The van der Waals surface area contributed by atoms with Gasteiger partial charge in [0.15, 0.2) is 0 Å². The summed E-state index contributed by atoms with van der Waals surface area (Å²) in [6.07, 6.45) is 0.960. The fraction of sp³-hybridized carbons (Fsp3) is 0.462. The molecule has 0 unspecified atom stereocenters. The summed E-state index contributed by atoms with van der Waals surface area (Å²) in [7, 11) is -2.90. The third kappa shape index (κ3) is 3.70. The Bertz CT molecular complexity index is 584. The van der Waals surface area contributed by atoms with E-state index in [0.717, 1.165) is 5.56 Å². The number of hydrogen-bond donors (Lipinski definition) is 1. The van der Waals surface area contributed by atoms with Gasteiger partial charge >= 0.3 is 0 Å². The fourth-order valence-corrected chi connectivity index (χ4v) is 3.71. The van der Waals surface area contributed by atoms with Crippen molar-refractivity contribution in [3.63, 3.8) is 0 Å². The van der Waals surface area contributed by atoms with Crippen LogP contribution in [0, 0.1) is 6.92 Å². The number of sulfone groups is 1. The molecule has 0 bridgehead atoms. The normalized spacial score (nSPS) is 19.1. The van der Waals surface area contributed by atoms with Crippen LogP contribution in [0.2, 0.25) is 5.02 Å². The van der Waals surface area contributed by atoms with E-state index < -0.39 is 9.84 Å². The highest BCUT2D eigenvalue weighted by atomic mass is 35.5. The van der Waals surface area contributed by atoms with Gasteiger partial charge in [0.2, 0.25) is 0 Å². The lowest BCUT2D eigenvalue weighted by atomic mass is 10.1.